The molecule has 1 aliphatic rings. The number of hydrogen-bond acceptors (Lipinski definition) is 5. The van der Waals surface area contributed by atoms with Crippen LogP contribution in [0, 0.1) is 0 Å². The zero-order chi connectivity index (χ0) is 11.8. The zero-order valence-corrected chi connectivity index (χ0v) is 10.6. The first-order valence-electron chi connectivity index (χ1n) is 5.62. The molecule has 16 heavy (non-hydrogen) atoms. The van der Waals surface area contributed by atoms with E-state index >= 15 is 0 Å². The quantitative estimate of drug-likeness (QED) is 0.819. The highest BCUT2D eigenvalue weighted by Gasteiger charge is 2.34. The smallest absolute Gasteiger partial charge is 0.185 e. The van der Waals surface area contributed by atoms with Crippen LogP contribution in [0.3, 0.4) is 0 Å². The summed E-state index contributed by atoms with van der Waals surface area (Å²) in [5.41, 5.74) is 6.12. The fourth-order valence-corrected chi connectivity index (χ4v) is 3.06. The monoisotopic (exact) mass is 241 g/mol. The number of nitrogens with zero attached hydrogens (tertiary/aromatic N) is 2. The van der Waals surface area contributed by atoms with Gasteiger partial charge in [-0.15, -0.1) is 11.3 Å². The Bertz CT molecular complexity index is 356. The minimum atomic E-state index is -0.273. The standard InChI is InChI=1S/C11H19N3OS/c1-14(2)10-13-7-9(16-10)11(12)5-3-8(15)4-6-11/h7-8,15H,3-6,12H2,1-2H3. The molecule has 0 aliphatic heterocycles. The van der Waals surface area contributed by atoms with Crippen molar-refractivity contribution in [1.82, 2.24) is 4.98 Å². The molecule has 90 valence electrons. The molecule has 0 aromatic carbocycles. The van der Waals surface area contributed by atoms with Gasteiger partial charge in [0.1, 0.15) is 0 Å². The second-order valence-electron chi connectivity index (χ2n) is 4.79. The van der Waals surface area contributed by atoms with Crippen LogP contribution < -0.4 is 10.6 Å². The highest BCUT2D eigenvalue weighted by Crippen LogP contribution is 2.38. The summed E-state index contributed by atoms with van der Waals surface area (Å²) >= 11 is 1.66. The Morgan fingerprint density at radius 1 is 1.50 bits per heavy atom. The molecular formula is C11H19N3OS. The van der Waals surface area contributed by atoms with E-state index in [0.29, 0.717) is 0 Å². The molecule has 0 saturated heterocycles. The number of anilines is 1. The van der Waals surface area contributed by atoms with Crippen LogP contribution in [0.15, 0.2) is 6.20 Å². The van der Waals surface area contributed by atoms with Gasteiger partial charge in [-0.3, -0.25) is 0 Å². The third-order valence-electron chi connectivity index (χ3n) is 3.21. The molecule has 0 radical (unpaired) electrons. The summed E-state index contributed by atoms with van der Waals surface area (Å²) in [6, 6.07) is 0. The summed E-state index contributed by atoms with van der Waals surface area (Å²) in [6.07, 6.45) is 5.01. The lowest BCUT2D eigenvalue weighted by Gasteiger charge is -2.34. The molecule has 0 amide bonds. The Labute approximate surface area is 100 Å². The largest absolute Gasteiger partial charge is 0.393 e. The molecule has 1 aromatic rings. The normalized spacial score (nSPS) is 30.4. The fraction of sp³-hybridized carbons (Fsp3) is 0.727. The maximum atomic E-state index is 9.51. The summed E-state index contributed by atoms with van der Waals surface area (Å²) in [4.78, 5) is 7.49. The SMILES string of the molecule is CN(C)c1ncc(C2(N)CCC(O)CC2)s1. The lowest BCUT2D eigenvalue weighted by atomic mass is 9.80. The van der Waals surface area contributed by atoms with Gasteiger partial charge in [0.25, 0.3) is 0 Å². The summed E-state index contributed by atoms with van der Waals surface area (Å²) < 4.78 is 0. The van der Waals surface area contributed by atoms with Gasteiger partial charge in [-0.1, -0.05) is 0 Å². The van der Waals surface area contributed by atoms with Crippen molar-refractivity contribution in [2.45, 2.75) is 37.3 Å². The van der Waals surface area contributed by atoms with E-state index in [4.69, 9.17) is 5.73 Å². The molecule has 5 heteroatoms. The number of thiazole rings is 1. The van der Waals surface area contributed by atoms with Gasteiger partial charge >= 0.3 is 0 Å². The van der Waals surface area contributed by atoms with Gasteiger partial charge in [0.15, 0.2) is 5.13 Å². The van der Waals surface area contributed by atoms with Gasteiger partial charge in [0, 0.05) is 25.2 Å². The Morgan fingerprint density at radius 3 is 2.62 bits per heavy atom. The van der Waals surface area contributed by atoms with E-state index in [2.05, 4.69) is 4.98 Å². The van der Waals surface area contributed by atoms with E-state index in [-0.39, 0.29) is 11.6 Å². The lowest BCUT2D eigenvalue weighted by Crippen LogP contribution is -2.40. The Kier molecular flexibility index (Phi) is 3.19. The van der Waals surface area contributed by atoms with Crippen molar-refractivity contribution in [3.05, 3.63) is 11.1 Å². The van der Waals surface area contributed by atoms with Gasteiger partial charge in [-0.25, -0.2) is 4.98 Å². The number of nitrogens with two attached hydrogens (primary N) is 1. The average molecular weight is 241 g/mol. The van der Waals surface area contributed by atoms with Crippen LogP contribution in [0.2, 0.25) is 0 Å². The molecule has 0 spiro atoms. The van der Waals surface area contributed by atoms with E-state index in [1.807, 2.05) is 25.2 Å². The molecule has 4 nitrogen and oxygen atoms in total. The van der Waals surface area contributed by atoms with Crippen molar-refractivity contribution >= 4 is 16.5 Å². The molecule has 1 fully saturated rings. The minimum absolute atomic E-state index is 0.169. The number of aromatic nitrogens is 1. The third-order valence-corrected chi connectivity index (χ3v) is 4.60. The number of hydrogen-bond donors (Lipinski definition) is 2. The third kappa shape index (κ3) is 2.21. The van der Waals surface area contributed by atoms with Gasteiger partial charge < -0.3 is 15.7 Å². The molecule has 2 rings (SSSR count). The Hall–Kier alpha value is -0.650. The number of aliphatic hydroxyl groups excluding tert-OH is 1. The molecule has 0 bridgehead atoms. The molecule has 1 saturated carbocycles. The van der Waals surface area contributed by atoms with Gasteiger partial charge in [-0.05, 0) is 25.7 Å². The highest BCUT2D eigenvalue weighted by atomic mass is 32.1. The summed E-state index contributed by atoms with van der Waals surface area (Å²) in [7, 11) is 3.97. The van der Waals surface area contributed by atoms with Crippen LogP contribution in [-0.4, -0.2) is 30.3 Å². The van der Waals surface area contributed by atoms with E-state index in [9.17, 15) is 5.11 Å². The molecule has 0 atom stereocenters. The van der Waals surface area contributed by atoms with Crippen LogP contribution >= 0.6 is 11.3 Å². The summed E-state index contributed by atoms with van der Waals surface area (Å²) in [5.74, 6) is 0. The molecule has 0 unspecified atom stereocenters. The van der Waals surface area contributed by atoms with E-state index in [1.54, 1.807) is 11.3 Å². The minimum Gasteiger partial charge on any atom is -0.393 e. The van der Waals surface area contributed by atoms with Crippen molar-refractivity contribution in [2.24, 2.45) is 5.73 Å². The fourth-order valence-electron chi connectivity index (χ4n) is 2.07. The predicted molar refractivity (Wildman–Crippen MR) is 66.8 cm³/mol. The second kappa shape index (κ2) is 4.31. The van der Waals surface area contributed by atoms with Crippen LogP contribution in [0.25, 0.3) is 0 Å². The van der Waals surface area contributed by atoms with Gasteiger partial charge in [-0.2, -0.15) is 0 Å². The first-order chi connectivity index (χ1) is 7.51. The molecule has 1 aromatic heterocycles. The molecular weight excluding hydrogens is 222 g/mol. The topological polar surface area (TPSA) is 62.4 Å². The average Bonchev–Trinajstić information content (AvgIpc) is 2.72. The predicted octanol–water partition coefficient (Wildman–Crippen LogP) is 1.30. The summed E-state index contributed by atoms with van der Waals surface area (Å²) in [5, 5.41) is 10.5. The van der Waals surface area contributed by atoms with Crippen LogP contribution in [0.1, 0.15) is 30.6 Å². The number of rotatable bonds is 2. The molecule has 1 aliphatic carbocycles. The van der Waals surface area contributed by atoms with E-state index < -0.39 is 0 Å². The van der Waals surface area contributed by atoms with E-state index in [1.165, 1.54) is 0 Å². The van der Waals surface area contributed by atoms with Crippen molar-refractivity contribution in [1.29, 1.82) is 0 Å². The Morgan fingerprint density at radius 2 is 2.12 bits per heavy atom. The number of aliphatic hydroxyl groups is 1. The molecule has 3 N–H and O–H groups in total. The summed E-state index contributed by atoms with van der Waals surface area (Å²) in [6.45, 7) is 0. The van der Waals surface area contributed by atoms with Crippen molar-refractivity contribution in [3.63, 3.8) is 0 Å². The lowest BCUT2D eigenvalue weighted by molar-refractivity contribution is 0.0979. The second-order valence-corrected chi connectivity index (χ2v) is 5.80. The van der Waals surface area contributed by atoms with Crippen LogP contribution in [-0.2, 0) is 5.54 Å². The maximum Gasteiger partial charge on any atom is 0.185 e. The first-order valence-corrected chi connectivity index (χ1v) is 6.43. The van der Waals surface area contributed by atoms with Crippen molar-refractivity contribution < 1.29 is 5.11 Å². The molecule has 1 heterocycles. The van der Waals surface area contributed by atoms with Crippen molar-refractivity contribution in [3.8, 4) is 0 Å². The maximum absolute atomic E-state index is 9.51. The highest BCUT2D eigenvalue weighted by molar-refractivity contribution is 7.15. The zero-order valence-electron chi connectivity index (χ0n) is 9.81. The van der Waals surface area contributed by atoms with Crippen molar-refractivity contribution in [2.75, 3.05) is 19.0 Å². The first kappa shape index (κ1) is 11.8. The van der Waals surface area contributed by atoms with Gasteiger partial charge in [0.05, 0.1) is 11.6 Å². The van der Waals surface area contributed by atoms with Crippen LogP contribution in [0.5, 0.6) is 0 Å². The van der Waals surface area contributed by atoms with E-state index in [0.717, 1.165) is 35.7 Å². The van der Waals surface area contributed by atoms with Gasteiger partial charge in [0.2, 0.25) is 0 Å². The van der Waals surface area contributed by atoms with Crippen LogP contribution in [0.4, 0.5) is 5.13 Å². The Balaban J connectivity index is 2.16.